The van der Waals surface area contributed by atoms with Gasteiger partial charge in [-0.05, 0) is 30.7 Å². The molecule has 0 unspecified atom stereocenters. The molecule has 3 aromatic rings. The number of aromatic nitrogens is 2. The summed E-state index contributed by atoms with van der Waals surface area (Å²) in [5.41, 5.74) is 3.16. The maximum Gasteiger partial charge on any atom is 0.165 e. The van der Waals surface area contributed by atoms with Crippen molar-refractivity contribution in [1.29, 1.82) is 0 Å². The number of halogens is 3. The van der Waals surface area contributed by atoms with E-state index in [1.165, 1.54) is 6.07 Å². The number of para-hydroxylation sites is 1. The minimum atomic E-state index is -0.448. The Kier molecular flexibility index (Phi) is 3.87. The summed E-state index contributed by atoms with van der Waals surface area (Å²) in [6.45, 7) is 1.98. The van der Waals surface area contributed by atoms with Crippen LogP contribution >= 0.6 is 23.2 Å². The fraction of sp³-hybridized carbons (Fsp3) is 0.188. The van der Waals surface area contributed by atoms with E-state index in [1.54, 1.807) is 16.7 Å². The van der Waals surface area contributed by atoms with Gasteiger partial charge < -0.3 is 0 Å². The summed E-state index contributed by atoms with van der Waals surface area (Å²) in [6, 6.07) is 10.8. The molecule has 0 amide bonds. The molecule has 1 aromatic heterocycles. The molecule has 2 aromatic carbocycles. The molecule has 3 rings (SSSR count). The van der Waals surface area contributed by atoms with E-state index in [9.17, 15) is 4.39 Å². The van der Waals surface area contributed by atoms with Gasteiger partial charge in [-0.2, -0.15) is 0 Å². The summed E-state index contributed by atoms with van der Waals surface area (Å²) >= 11 is 11.8. The molecule has 108 valence electrons. The molecule has 5 heteroatoms. The highest BCUT2D eigenvalue weighted by atomic mass is 35.5. The molecule has 2 nitrogen and oxygen atoms in total. The maximum absolute atomic E-state index is 14.4. The van der Waals surface area contributed by atoms with Crippen LogP contribution in [0.5, 0.6) is 0 Å². The average molecular weight is 323 g/mol. The molecule has 0 spiro atoms. The first-order valence-electron chi connectivity index (χ1n) is 6.60. The van der Waals surface area contributed by atoms with E-state index < -0.39 is 5.82 Å². The second kappa shape index (κ2) is 5.66. The third-order valence-electron chi connectivity index (χ3n) is 3.45. The third kappa shape index (κ3) is 2.41. The van der Waals surface area contributed by atoms with Gasteiger partial charge in [-0.1, -0.05) is 29.8 Å². The predicted octanol–water partition coefficient (Wildman–Crippen LogP) is 4.91. The molecule has 0 aliphatic carbocycles. The van der Waals surface area contributed by atoms with E-state index in [0.29, 0.717) is 18.0 Å². The molecular formula is C16H13Cl2FN2. The lowest BCUT2D eigenvalue weighted by molar-refractivity contribution is 0.617. The normalized spacial score (nSPS) is 11.2. The van der Waals surface area contributed by atoms with Crippen LogP contribution in [-0.2, 0) is 6.42 Å². The van der Waals surface area contributed by atoms with Crippen molar-refractivity contribution in [3.63, 3.8) is 0 Å². The lowest BCUT2D eigenvalue weighted by Crippen LogP contribution is -2.04. The van der Waals surface area contributed by atoms with Gasteiger partial charge in [-0.25, -0.2) is 9.37 Å². The van der Waals surface area contributed by atoms with Gasteiger partial charge in [0.2, 0.25) is 0 Å². The highest BCUT2D eigenvalue weighted by molar-refractivity contribution is 6.30. The molecule has 0 bridgehead atoms. The monoisotopic (exact) mass is 322 g/mol. The molecule has 0 radical (unpaired) electrons. The molecule has 0 saturated carbocycles. The quantitative estimate of drug-likeness (QED) is 0.626. The van der Waals surface area contributed by atoms with Crippen molar-refractivity contribution in [2.45, 2.75) is 13.3 Å². The molecule has 1 heterocycles. The first-order valence-corrected chi connectivity index (χ1v) is 7.52. The van der Waals surface area contributed by atoms with Crippen LogP contribution in [0.25, 0.3) is 16.7 Å². The van der Waals surface area contributed by atoms with E-state index in [2.05, 4.69) is 4.98 Å². The predicted molar refractivity (Wildman–Crippen MR) is 85.2 cm³/mol. The van der Waals surface area contributed by atoms with Gasteiger partial charge in [-0.3, -0.25) is 4.57 Å². The number of rotatable bonds is 3. The van der Waals surface area contributed by atoms with Gasteiger partial charge in [0.1, 0.15) is 5.82 Å². The second-order valence-electron chi connectivity index (χ2n) is 4.82. The zero-order valence-electron chi connectivity index (χ0n) is 11.4. The van der Waals surface area contributed by atoms with E-state index in [0.717, 1.165) is 22.4 Å². The standard InChI is InChI=1S/C16H13Cl2FN2/c1-10-4-2-7-13-16(10)20-14(8-9-17)21(13)12-6-3-5-11(18)15(12)19/h2-7H,8-9H2,1H3. The Labute approximate surface area is 132 Å². The van der Waals surface area contributed by atoms with Crippen molar-refractivity contribution in [1.82, 2.24) is 9.55 Å². The highest BCUT2D eigenvalue weighted by Gasteiger charge is 2.17. The first kappa shape index (κ1) is 14.4. The van der Waals surface area contributed by atoms with Crippen LogP contribution in [0, 0.1) is 12.7 Å². The fourth-order valence-electron chi connectivity index (χ4n) is 2.47. The molecule has 0 aliphatic rings. The SMILES string of the molecule is Cc1cccc2c1nc(CCCl)n2-c1cccc(Cl)c1F. The van der Waals surface area contributed by atoms with Crippen molar-refractivity contribution in [2.24, 2.45) is 0 Å². The van der Waals surface area contributed by atoms with E-state index >= 15 is 0 Å². The number of imidazole rings is 1. The zero-order valence-corrected chi connectivity index (χ0v) is 12.9. The third-order valence-corrected chi connectivity index (χ3v) is 3.93. The Bertz CT molecular complexity index is 811. The lowest BCUT2D eigenvalue weighted by Gasteiger charge is -2.10. The number of nitrogens with zero attached hydrogens (tertiary/aromatic N) is 2. The fourth-order valence-corrected chi connectivity index (χ4v) is 2.81. The summed E-state index contributed by atoms with van der Waals surface area (Å²) in [6.07, 6.45) is 0.557. The summed E-state index contributed by atoms with van der Waals surface area (Å²) in [5.74, 6) is 0.705. The Morgan fingerprint density at radius 1 is 1.19 bits per heavy atom. The molecule has 21 heavy (non-hydrogen) atoms. The Hall–Kier alpha value is -1.58. The molecule has 0 aliphatic heterocycles. The molecular weight excluding hydrogens is 310 g/mol. The minimum Gasteiger partial charge on any atom is -0.293 e. The summed E-state index contributed by atoms with van der Waals surface area (Å²) in [4.78, 5) is 4.62. The van der Waals surface area contributed by atoms with Gasteiger partial charge in [-0.15, -0.1) is 11.6 Å². The number of fused-ring (bicyclic) bond motifs is 1. The van der Waals surface area contributed by atoms with Crippen molar-refractivity contribution in [3.8, 4) is 5.69 Å². The molecule has 0 atom stereocenters. The highest BCUT2D eigenvalue weighted by Crippen LogP contribution is 2.28. The minimum absolute atomic E-state index is 0.0961. The van der Waals surface area contributed by atoms with Crippen molar-refractivity contribution in [3.05, 3.63) is 58.6 Å². The average Bonchev–Trinajstić information content (AvgIpc) is 2.82. The van der Waals surface area contributed by atoms with Crippen molar-refractivity contribution in [2.75, 3.05) is 5.88 Å². The van der Waals surface area contributed by atoms with Gasteiger partial charge >= 0.3 is 0 Å². The number of alkyl halides is 1. The van der Waals surface area contributed by atoms with Crippen LogP contribution in [0.3, 0.4) is 0 Å². The van der Waals surface area contributed by atoms with Crippen LogP contribution in [0.1, 0.15) is 11.4 Å². The van der Waals surface area contributed by atoms with Crippen LogP contribution < -0.4 is 0 Å². The first-order chi connectivity index (χ1) is 10.1. The molecule has 0 saturated heterocycles. The van der Waals surface area contributed by atoms with Crippen molar-refractivity contribution < 1.29 is 4.39 Å². The van der Waals surface area contributed by atoms with Gasteiger partial charge in [0.15, 0.2) is 5.82 Å². The van der Waals surface area contributed by atoms with E-state index in [1.807, 2.05) is 25.1 Å². The number of hydrogen-bond donors (Lipinski definition) is 0. The van der Waals surface area contributed by atoms with Crippen LogP contribution in [0.2, 0.25) is 5.02 Å². The largest absolute Gasteiger partial charge is 0.293 e. The van der Waals surface area contributed by atoms with Crippen LogP contribution in [-0.4, -0.2) is 15.4 Å². The summed E-state index contributed by atoms with van der Waals surface area (Å²) in [5, 5.41) is 0.0961. The number of hydrogen-bond acceptors (Lipinski definition) is 1. The summed E-state index contributed by atoms with van der Waals surface area (Å²) < 4.78 is 16.2. The zero-order chi connectivity index (χ0) is 15.0. The summed E-state index contributed by atoms with van der Waals surface area (Å²) in [7, 11) is 0. The van der Waals surface area contributed by atoms with Crippen LogP contribution in [0.15, 0.2) is 36.4 Å². The maximum atomic E-state index is 14.4. The van der Waals surface area contributed by atoms with E-state index in [4.69, 9.17) is 23.2 Å². The number of aryl methyl sites for hydroxylation is 2. The number of benzene rings is 2. The van der Waals surface area contributed by atoms with E-state index in [-0.39, 0.29) is 5.02 Å². The van der Waals surface area contributed by atoms with Crippen LogP contribution in [0.4, 0.5) is 4.39 Å². The van der Waals surface area contributed by atoms with Gasteiger partial charge in [0, 0.05) is 12.3 Å². The smallest absolute Gasteiger partial charge is 0.165 e. The second-order valence-corrected chi connectivity index (χ2v) is 5.60. The van der Waals surface area contributed by atoms with Gasteiger partial charge in [0.25, 0.3) is 0 Å². The van der Waals surface area contributed by atoms with Crippen molar-refractivity contribution >= 4 is 34.2 Å². The molecule has 0 fully saturated rings. The Balaban J connectivity index is 2.37. The lowest BCUT2D eigenvalue weighted by atomic mass is 10.2. The Morgan fingerprint density at radius 3 is 2.71 bits per heavy atom. The van der Waals surface area contributed by atoms with Gasteiger partial charge in [0.05, 0.1) is 21.7 Å². The molecule has 0 N–H and O–H groups in total. The topological polar surface area (TPSA) is 17.8 Å². The Morgan fingerprint density at radius 2 is 1.95 bits per heavy atom.